The van der Waals surface area contributed by atoms with Gasteiger partial charge in [0.15, 0.2) is 5.13 Å². The number of nitrogens with zero attached hydrogens (tertiary/aromatic N) is 3. The van der Waals surface area contributed by atoms with E-state index >= 15 is 0 Å². The summed E-state index contributed by atoms with van der Waals surface area (Å²) in [4.78, 5) is 5.76. The molecule has 1 aliphatic carbocycles. The second-order valence-corrected chi connectivity index (χ2v) is 7.96. The average molecular weight is 312 g/mol. The molecular formula is C12H16N4O2S2. The molecule has 0 saturated heterocycles. The van der Waals surface area contributed by atoms with Crippen molar-refractivity contribution >= 4 is 26.5 Å². The molecule has 3 rings (SSSR count). The van der Waals surface area contributed by atoms with Crippen molar-refractivity contribution in [3.8, 4) is 0 Å². The maximum Gasteiger partial charge on any atom is 0.266 e. The molecule has 0 unspecified atom stereocenters. The lowest BCUT2D eigenvalue weighted by Gasteiger charge is -2.15. The summed E-state index contributed by atoms with van der Waals surface area (Å²) in [6.07, 6.45) is 5.84. The molecule has 0 fully saturated rings. The second-order valence-electron chi connectivity index (χ2n) is 5.19. The van der Waals surface area contributed by atoms with E-state index in [9.17, 15) is 8.42 Å². The van der Waals surface area contributed by atoms with Crippen LogP contribution in [-0.4, -0.2) is 23.2 Å². The van der Waals surface area contributed by atoms with E-state index in [0.717, 1.165) is 25.0 Å². The number of aromatic nitrogens is 3. The van der Waals surface area contributed by atoms with Crippen molar-refractivity contribution in [2.24, 2.45) is 13.0 Å². The molecule has 8 heteroatoms. The van der Waals surface area contributed by atoms with E-state index in [0.29, 0.717) is 11.0 Å². The molecule has 0 spiro atoms. The number of aryl methyl sites for hydroxylation is 2. The lowest BCUT2D eigenvalue weighted by atomic mass is 9.93. The van der Waals surface area contributed by atoms with Gasteiger partial charge < -0.3 is 0 Å². The summed E-state index contributed by atoms with van der Waals surface area (Å²) in [5, 5.41) is 4.33. The van der Waals surface area contributed by atoms with Crippen LogP contribution in [0.25, 0.3) is 0 Å². The Morgan fingerprint density at radius 2 is 2.30 bits per heavy atom. The van der Waals surface area contributed by atoms with Crippen molar-refractivity contribution < 1.29 is 8.42 Å². The van der Waals surface area contributed by atoms with E-state index in [1.807, 2.05) is 0 Å². The zero-order valence-corrected chi connectivity index (χ0v) is 13.0. The smallest absolute Gasteiger partial charge is 0.266 e. The number of sulfonamides is 1. The highest BCUT2D eigenvalue weighted by atomic mass is 32.2. The van der Waals surface area contributed by atoms with Gasteiger partial charge in [0.25, 0.3) is 10.0 Å². The van der Waals surface area contributed by atoms with E-state index in [2.05, 4.69) is 21.7 Å². The van der Waals surface area contributed by atoms with Crippen molar-refractivity contribution in [1.29, 1.82) is 0 Å². The Morgan fingerprint density at radius 3 is 3.00 bits per heavy atom. The van der Waals surface area contributed by atoms with Gasteiger partial charge in [-0.05, 0) is 25.2 Å². The van der Waals surface area contributed by atoms with E-state index < -0.39 is 10.0 Å². The van der Waals surface area contributed by atoms with Crippen molar-refractivity contribution in [3.63, 3.8) is 0 Å². The van der Waals surface area contributed by atoms with Crippen LogP contribution in [0.15, 0.2) is 17.3 Å². The van der Waals surface area contributed by atoms with Crippen LogP contribution in [0.4, 0.5) is 5.13 Å². The molecule has 1 aliphatic rings. The third-order valence-corrected chi connectivity index (χ3v) is 5.86. The van der Waals surface area contributed by atoms with Crippen LogP contribution in [0, 0.1) is 5.92 Å². The zero-order chi connectivity index (χ0) is 14.3. The van der Waals surface area contributed by atoms with Gasteiger partial charge in [0.2, 0.25) is 0 Å². The SMILES string of the molecule is C[C@@H]1CCc2nc(NS(=O)(=O)c3cnn(C)c3)sc2C1. The third-order valence-electron chi connectivity index (χ3n) is 3.40. The molecule has 0 amide bonds. The van der Waals surface area contributed by atoms with Crippen LogP contribution in [0.1, 0.15) is 23.9 Å². The highest BCUT2D eigenvalue weighted by molar-refractivity contribution is 7.93. The molecule has 1 N–H and O–H groups in total. The summed E-state index contributed by atoms with van der Waals surface area (Å²) in [5.41, 5.74) is 1.04. The second kappa shape index (κ2) is 4.85. The van der Waals surface area contributed by atoms with Gasteiger partial charge in [0, 0.05) is 18.1 Å². The molecular weight excluding hydrogens is 296 g/mol. The van der Waals surface area contributed by atoms with Gasteiger partial charge in [-0.1, -0.05) is 6.92 Å². The van der Waals surface area contributed by atoms with E-state index in [4.69, 9.17) is 0 Å². The van der Waals surface area contributed by atoms with Crippen molar-refractivity contribution in [1.82, 2.24) is 14.8 Å². The number of nitrogens with one attached hydrogen (secondary N) is 1. The number of hydrogen-bond acceptors (Lipinski definition) is 5. The quantitative estimate of drug-likeness (QED) is 0.937. The number of thiazole rings is 1. The molecule has 0 bridgehead atoms. The third kappa shape index (κ3) is 2.57. The van der Waals surface area contributed by atoms with Crippen molar-refractivity contribution in [3.05, 3.63) is 23.0 Å². The Balaban J connectivity index is 1.85. The maximum absolute atomic E-state index is 12.2. The summed E-state index contributed by atoms with van der Waals surface area (Å²) < 4.78 is 28.4. The number of fused-ring (bicyclic) bond motifs is 1. The Bertz CT molecular complexity index is 732. The molecule has 0 aromatic carbocycles. The van der Waals surface area contributed by atoms with Crippen LogP contribution in [0.3, 0.4) is 0 Å². The first kappa shape index (κ1) is 13.6. The molecule has 0 aliphatic heterocycles. The Labute approximate surface area is 121 Å². The monoisotopic (exact) mass is 312 g/mol. The molecule has 2 aromatic heterocycles. The van der Waals surface area contributed by atoms with E-state index in [1.54, 1.807) is 7.05 Å². The Kier molecular flexibility index (Phi) is 3.29. The minimum atomic E-state index is -3.59. The first-order valence-electron chi connectivity index (χ1n) is 6.44. The van der Waals surface area contributed by atoms with Gasteiger partial charge in [0.05, 0.1) is 11.9 Å². The summed E-state index contributed by atoms with van der Waals surface area (Å²) in [7, 11) is -1.91. The fourth-order valence-electron chi connectivity index (χ4n) is 2.29. The molecule has 2 heterocycles. The first-order chi connectivity index (χ1) is 9.44. The molecule has 108 valence electrons. The summed E-state index contributed by atoms with van der Waals surface area (Å²) in [6.45, 7) is 2.21. The van der Waals surface area contributed by atoms with Crippen molar-refractivity contribution in [2.75, 3.05) is 4.72 Å². The highest BCUT2D eigenvalue weighted by Crippen LogP contribution is 2.32. The minimum Gasteiger partial charge on any atom is -0.274 e. The van der Waals surface area contributed by atoms with Crippen LogP contribution < -0.4 is 4.72 Å². The predicted octanol–water partition coefficient (Wildman–Crippen LogP) is 1.80. The van der Waals surface area contributed by atoms with Gasteiger partial charge in [-0.15, -0.1) is 11.3 Å². The van der Waals surface area contributed by atoms with Gasteiger partial charge in [-0.2, -0.15) is 5.10 Å². The maximum atomic E-state index is 12.2. The standard InChI is InChI=1S/C12H16N4O2S2/c1-8-3-4-10-11(5-8)19-12(14-10)15-20(17,18)9-6-13-16(2)7-9/h6-8H,3-5H2,1-2H3,(H,14,15)/t8-/m1/s1. The first-order valence-corrected chi connectivity index (χ1v) is 8.74. The van der Waals surface area contributed by atoms with Crippen molar-refractivity contribution in [2.45, 2.75) is 31.1 Å². The summed E-state index contributed by atoms with van der Waals surface area (Å²) >= 11 is 1.44. The predicted molar refractivity (Wildman–Crippen MR) is 77.3 cm³/mol. The van der Waals surface area contributed by atoms with Crippen LogP contribution >= 0.6 is 11.3 Å². The van der Waals surface area contributed by atoms with Gasteiger partial charge in [0.1, 0.15) is 4.90 Å². The number of rotatable bonds is 3. The van der Waals surface area contributed by atoms with Crippen LogP contribution in [0.2, 0.25) is 0 Å². The van der Waals surface area contributed by atoms with Crippen LogP contribution in [-0.2, 0) is 29.9 Å². The van der Waals surface area contributed by atoms with Gasteiger partial charge >= 0.3 is 0 Å². The van der Waals surface area contributed by atoms with Gasteiger partial charge in [-0.25, -0.2) is 13.4 Å². The highest BCUT2D eigenvalue weighted by Gasteiger charge is 2.23. The fraction of sp³-hybridized carbons (Fsp3) is 0.500. The minimum absolute atomic E-state index is 0.154. The topological polar surface area (TPSA) is 76.9 Å². The van der Waals surface area contributed by atoms with E-state index in [1.165, 1.54) is 33.3 Å². The number of anilines is 1. The summed E-state index contributed by atoms with van der Waals surface area (Å²) in [5.74, 6) is 0.644. The normalized spacial score (nSPS) is 18.8. The Morgan fingerprint density at radius 1 is 1.50 bits per heavy atom. The average Bonchev–Trinajstić information content (AvgIpc) is 2.94. The molecule has 20 heavy (non-hydrogen) atoms. The van der Waals surface area contributed by atoms with E-state index in [-0.39, 0.29) is 4.90 Å². The summed E-state index contributed by atoms with van der Waals surface area (Å²) in [6, 6.07) is 0. The van der Waals surface area contributed by atoms with Crippen LogP contribution in [0.5, 0.6) is 0 Å². The lowest BCUT2D eigenvalue weighted by molar-refractivity contribution is 0.502. The molecule has 0 saturated carbocycles. The lowest BCUT2D eigenvalue weighted by Crippen LogP contribution is -2.12. The van der Waals surface area contributed by atoms with Gasteiger partial charge in [-0.3, -0.25) is 9.40 Å². The zero-order valence-electron chi connectivity index (χ0n) is 11.3. The largest absolute Gasteiger partial charge is 0.274 e. The number of hydrogen-bond donors (Lipinski definition) is 1. The molecule has 0 radical (unpaired) electrons. The Hall–Kier alpha value is -1.41. The fourth-order valence-corrected chi connectivity index (χ4v) is 4.68. The molecule has 6 nitrogen and oxygen atoms in total. The molecule has 1 atom stereocenters. The molecule has 2 aromatic rings.